The van der Waals surface area contributed by atoms with Crippen molar-refractivity contribution in [3.63, 3.8) is 0 Å². The summed E-state index contributed by atoms with van der Waals surface area (Å²) in [4.78, 5) is 11.4. The van der Waals surface area contributed by atoms with Crippen LogP contribution in [0.1, 0.15) is 52.7 Å². The average Bonchev–Trinajstić information content (AvgIpc) is 3.07. The Bertz CT molecular complexity index is 563. The number of nitrogens with two attached hydrogens (primary N) is 1. The van der Waals surface area contributed by atoms with Crippen LogP contribution in [0.5, 0.6) is 0 Å². The topological polar surface area (TPSA) is 43.1 Å². The summed E-state index contributed by atoms with van der Waals surface area (Å²) in [5, 5.41) is 0. The van der Waals surface area contributed by atoms with E-state index in [1.165, 1.54) is 29.5 Å². The Labute approximate surface area is 101 Å². The molecule has 2 nitrogen and oxygen atoms in total. The molecule has 0 spiro atoms. The van der Waals surface area contributed by atoms with Gasteiger partial charge in [0.15, 0.2) is 0 Å². The number of amides is 1. The van der Waals surface area contributed by atoms with Crippen molar-refractivity contribution < 1.29 is 4.79 Å². The zero-order valence-corrected chi connectivity index (χ0v) is 9.86. The SMILES string of the molecule is C/C=C1\C=Cc2c1cc(C(N)=O)cc2C1CC1. The van der Waals surface area contributed by atoms with Crippen LogP contribution in [-0.4, -0.2) is 5.91 Å². The smallest absolute Gasteiger partial charge is 0.248 e. The zero-order chi connectivity index (χ0) is 12.0. The highest BCUT2D eigenvalue weighted by atomic mass is 16.1. The molecule has 1 amide bonds. The number of benzene rings is 1. The van der Waals surface area contributed by atoms with Gasteiger partial charge < -0.3 is 5.73 Å². The number of hydrogen-bond donors (Lipinski definition) is 1. The molecule has 0 aliphatic heterocycles. The number of primary amides is 1. The molecule has 0 radical (unpaired) electrons. The lowest BCUT2D eigenvalue weighted by molar-refractivity contribution is 0.1000. The van der Waals surface area contributed by atoms with Gasteiger partial charge in [-0.3, -0.25) is 4.79 Å². The van der Waals surface area contributed by atoms with Gasteiger partial charge in [0.05, 0.1) is 0 Å². The Morgan fingerprint density at radius 3 is 2.71 bits per heavy atom. The first-order chi connectivity index (χ1) is 8.20. The standard InChI is InChI=1S/C15H15NO/c1-2-9-5-6-12-13(9)7-11(15(16)17)8-14(12)10-3-4-10/h2,5-8,10H,3-4H2,1H3,(H2,16,17)/b9-2+. The molecule has 0 atom stereocenters. The van der Waals surface area contributed by atoms with E-state index in [4.69, 9.17) is 5.73 Å². The van der Waals surface area contributed by atoms with Gasteiger partial charge in [-0.25, -0.2) is 0 Å². The van der Waals surface area contributed by atoms with Crippen LogP contribution >= 0.6 is 0 Å². The van der Waals surface area contributed by atoms with Gasteiger partial charge in [0, 0.05) is 5.56 Å². The van der Waals surface area contributed by atoms with Gasteiger partial charge in [-0.15, -0.1) is 0 Å². The molecule has 0 bridgehead atoms. The molecule has 17 heavy (non-hydrogen) atoms. The number of allylic oxidation sites excluding steroid dienone is 3. The van der Waals surface area contributed by atoms with Crippen LogP contribution in [0.3, 0.4) is 0 Å². The van der Waals surface area contributed by atoms with Crippen LogP contribution in [0.25, 0.3) is 11.6 Å². The van der Waals surface area contributed by atoms with Crippen molar-refractivity contribution in [2.45, 2.75) is 25.7 Å². The van der Waals surface area contributed by atoms with E-state index in [0.717, 1.165) is 5.56 Å². The Balaban J connectivity index is 2.22. The van der Waals surface area contributed by atoms with Gasteiger partial charge >= 0.3 is 0 Å². The van der Waals surface area contributed by atoms with Crippen molar-refractivity contribution in [1.29, 1.82) is 0 Å². The van der Waals surface area contributed by atoms with Gasteiger partial charge in [0.2, 0.25) is 5.91 Å². The van der Waals surface area contributed by atoms with Crippen LogP contribution in [-0.2, 0) is 0 Å². The maximum absolute atomic E-state index is 11.4. The Morgan fingerprint density at radius 2 is 2.12 bits per heavy atom. The fraction of sp³-hybridized carbons (Fsp3) is 0.267. The molecule has 1 aromatic carbocycles. The molecule has 2 N–H and O–H groups in total. The molecule has 3 rings (SSSR count). The predicted molar refractivity (Wildman–Crippen MR) is 69.6 cm³/mol. The van der Waals surface area contributed by atoms with Crippen LogP contribution in [0, 0.1) is 0 Å². The largest absolute Gasteiger partial charge is 0.366 e. The fourth-order valence-electron chi connectivity index (χ4n) is 2.49. The lowest BCUT2D eigenvalue weighted by Crippen LogP contribution is -2.12. The molecular weight excluding hydrogens is 210 g/mol. The number of carbonyl (C=O) groups is 1. The molecule has 1 saturated carbocycles. The van der Waals surface area contributed by atoms with Crippen molar-refractivity contribution >= 4 is 17.6 Å². The van der Waals surface area contributed by atoms with E-state index in [2.05, 4.69) is 18.2 Å². The van der Waals surface area contributed by atoms with E-state index in [9.17, 15) is 4.79 Å². The second kappa shape index (κ2) is 3.59. The van der Waals surface area contributed by atoms with Gasteiger partial charge in [0.25, 0.3) is 0 Å². The van der Waals surface area contributed by atoms with E-state index in [0.29, 0.717) is 11.5 Å². The molecule has 0 heterocycles. The summed E-state index contributed by atoms with van der Waals surface area (Å²) in [6.45, 7) is 2.02. The maximum atomic E-state index is 11.4. The Kier molecular flexibility index (Phi) is 2.18. The molecule has 2 aliphatic rings. The average molecular weight is 225 g/mol. The number of hydrogen-bond acceptors (Lipinski definition) is 1. The van der Waals surface area contributed by atoms with Gasteiger partial charge in [-0.1, -0.05) is 18.2 Å². The van der Waals surface area contributed by atoms with E-state index < -0.39 is 0 Å². The third-order valence-corrected chi connectivity index (χ3v) is 3.57. The molecule has 0 saturated heterocycles. The first-order valence-corrected chi connectivity index (χ1v) is 6.03. The number of carbonyl (C=O) groups excluding carboxylic acids is 1. The molecule has 86 valence electrons. The minimum Gasteiger partial charge on any atom is -0.366 e. The molecule has 2 aliphatic carbocycles. The van der Waals surface area contributed by atoms with E-state index in [1.54, 1.807) is 0 Å². The van der Waals surface area contributed by atoms with Crippen molar-refractivity contribution in [2.75, 3.05) is 0 Å². The summed E-state index contributed by atoms with van der Waals surface area (Å²) in [5.74, 6) is 0.293. The van der Waals surface area contributed by atoms with Crippen molar-refractivity contribution in [1.82, 2.24) is 0 Å². The molecule has 1 aromatic rings. The van der Waals surface area contributed by atoms with Crippen molar-refractivity contribution in [3.05, 3.63) is 46.5 Å². The molecular formula is C15H15NO. The predicted octanol–water partition coefficient (Wildman–Crippen LogP) is 3.09. The molecule has 0 unspecified atom stereocenters. The Hall–Kier alpha value is -1.83. The molecule has 0 aromatic heterocycles. The highest BCUT2D eigenvalue weighted by Crippen LogP contribution is 2.45. The second-order valence-electron chi connectivity index (χ2n) is 4.74. The second-order valence-corrected chi connectivity index (χ2v) is 4.74. The summed E-state index contributed by atoms with van der Waals surface area (Å²) < 4.78 is 0. The summed E-state index contributed by atoms with van der Waals surface area (Å²) in [5.41, 5.74) is 11.0. The minimum atomic E-state index is -0.336. The quantitative estimate of drug-likeness (QED) is 0.825. The number of fused-ring (bicyclic) bond motifs is 1. The third kappa shape index (κ3) is 1.60. The summed E-state index contributed by atoms with van der Waals surface area (Å²) in [6, 6.07) is 3.89. The highest BCUT2D eigenvalue weighted by molar-refractivity contribution is 5.98. The summed E-state index contributed by atoms with van der Waals surface area (Å²) in [6.07, 6.45) is 8.80. The summed E-state index contributed by atoms with van der Waals surface area (Å²) >= 11 is 0. The fourth-order valence-corrected chi connectivity index (χ4v) is 2.49. The monoisotopic (exact) mass is 225 g/mol. The van der Waals surface area contributed by atoms with Crippen molar-refractivity contribution in [3.8, 4) is 0 Å². The van der Waals surface area contributed by atoms with Crippen LogP contribution < -0.4 is 5.73 Å². The van der Waals surface area contributed by atoms with Gasteiger partial charge in [-0.2, -0.15) is 0 Å². The Morgan fingerprint density at radius 1 is 1.35 bits per heavy atom. The van der Waals surface area contributed by atoms with Gasteiger partial charge in [0.1, 0.15) is 0 Å². The van der Waals surface area contributed by atoms with E-state index in [1.807, 2.05) is 19.1 Å². The highest BCUT2D eigenvalue weighted by Gasteiger charge is 2.29. The van der Waals surface area contributed by atoms with Gasteiger partial charge in [-0.05, 0) is 60.1 Å². The molecule has 2 heteroatoms. The lowest BCUT2D eigenvalue weighted by Gasteiger charge is -2.10. The van der Waals surface area contributed by atoms with Crippen LogP contribution in [0.4, 0.5) is 0 Å². The zero-order valence-electron chi connectivity index (χ0n) is 9.86. The van der Waals surface area contributed by atoms with E-state index >= 15 is 0 Å². The van der Waals surface area contributed by atoms with Crippen LogP contribution in [0.15, 0.2) is 24.3 Å². The first-order valence-electron chi connectivity index (χ1n) is 6.03. The third-order valence-electron chi connectivity index (χ3n) is 3.57. The maximum Gasteiger partial charge on any atom is 0.248 e. The first kappa shape index (κ1) is 10.3. The lowest BCUT2D eigenvalue weighted by atomic mass is 9.94. The van der Waals surface area contributed by atoms with E-state index in [-0.39, 0.29) is 5.91 Å². The van der Waals surface area contributed by atoms with Crippen molar-refractivity contribution in [2.24, 2.45) is 5.73 Å². The molecule has 1 fully saturated rings. The number of rotatable bonds is 2. The summed E-state index contributed by atoms with van der Waals surface area (Å²) in [7, 11) is 0. The van der Waals surface area contributed by atoms with Crippen LogP contribution in [0.2, 0.25) is 0 Å². The minimum absolute atomic E-state index is 0.336. The normalized spacial score (nSPS) is 19.7.